The Balaban J connectivity index is 3.14. The second kappa shape index (κ2) is 2.62. The summed E-state index contributed by atoms with van der Waals surface area (Å²) in [6.07, 6.45) is -4.58. The number of aromatic nitrogens is 1. The quantitative estimate of drug-likeness (QED) is 0.618. The molecular formula is C6H4F4N2. The zero-order valence-electron chi connectivity index (χ0n) is 5.69. The summed E-state index contributed by atoms with van der Waals surface area (Å²) >= 11 is 0. The molecule has 6 heteroatoms. The second-order valence-corrected chi connectivity index (χ2v) is 2.06. The minimum atomic E-state index is -4.58. The van der Waals surface area contributed by atoms with Gasteiger partial charge in [-0.3, -0.25) is 0 Å². The molecule has 2 nitrogen and oxygen atoms in total. The van der Waals surface area contributed by atoms with Crippen LogP contribution < -0.4 is 5.73 Å². The molecule has 0 unspecified atom stereocenters. The molecule has 1 aromatic rings. The lowest BCUT2D eigenvalue weighted by atomic mass is 10.3. The number of pyridine rings is 1. The number of nitrogens with two attached hydrogens (primary N) is 1. The van der Waals surface area contributed by atoms with E-state index < -0.39 is 23.5 Å². The smallest absolute Gasteiger partial charge is 0.381 e. The molecular weight excluding hydrogens is 176 g/mol. The minimum Gasteiger partial charge on any atom is -0.381 e. The SMILES string of the molecule is Nc1nc(C(F)(F)F)ccc1F. The first-order chi connectivity index (χ1) is 5.41. The Morgan fingerprint density at radius 3 is 2.25 bits per heavy atom. The Morgan fingerprint density at radius 1 is 1.25 bits per heavy atom. The molecule has 1 aromatic heterocycles. The van der Waals surface area contributed by atoms with Crippen molar-refractivity contribution >= 4 is 5.82 Å². The van der Waals surface area contributed by atoms with Crippen molar-refractivity contribution in [1.82, 2.24) is 4.98 Å². The van der Waals surface area contributed by atoms with Crippen LogP contribution in [0.5, 0.6) is 0 Å². The van der Waals surface area contributed by atoms with Gasteiger partial charge in [0, 0.05) is 0 Å². The molecule has 1 rings (SSSR count). The fraction of sp³-hybridized carbons (Fsp3) is 0.167. The zero-order chi connectivity index (χ0) is 9.35. The van der Waals surface area contributed by atoms with Crippen molar-refractivity contribution in [3.8, 4) is 0 Å². The second-order valence-electron chi connectivity index (χ2n) is 2.06. The minimum absolute atomic E-state index is 0.533. The molecule has 1 heterocycles. The summed E-state index contributed by atoms with van der Waals surface area (Å²) in [5.74, 6) is -1.70. The molecule has 0 saturated heterocycles. The van der Waals surface area contributed by atoms with E-state index in [1.807, 2.05) is 0 Å². The van der Waals surface area contributed by atoms with Gasteiger partial charge in [-0.1, -0.05) is 0 Å². The van der Waals surface area contributed by atoms with Gasteiger partial charge in [0.2, 0.25) is 0 Å². The van der Waals surface area contributed by atoms with Crippen molar-refractivity contribution in [3.05, 3.63) is 23.6 Å². The Hall–Kier alpha value is -1.33. The number of rotatable bonds is 0. The zero-order valence-corrected chi connectivity index (χ0v) is 5.69. The van der Waals surface area contributed by atoms with E-state index in [-0.39, 0.29) is 0 Å². The van der Waals surface area contributed by atoms with Gasteiger partial charge in [0.1, 0.15) is 5.69 Å². The molecule has 0 amide bonds. The Kier molecular flexibility index (Phi) is 1.91. The lowest BCUT2D eigenvalue weighted by molar-refractivity contribution is -0.141. The first-order valence-corrected chi connectivity index (χ1v) is 2.90. The maximum Gasteiger partial charge on any atom is 0.433 e. The molecule has 0 radical (unpaired) electrons. The Bertz CT molecular complexity index is 294. The van der Waals surface area contributed by atoms with Crippen molar-refractivity contribution in [2.24, 2.45) is 0 Å². The van der Waals surface area contributed by atoms with Gasteiger partial charge in [0.05, 0.1) is 0 Å². The summed E-state index contributed by atoms with van der Waals surface area (Å²) in [4.78, 5) is 2.82. The van der Waals surface area contributed by atoms with Gasteiger partial charge in [0.15, 0.2) is 11.6 Å². The van der Waals surface area contributed by atoms with Gasteiger partial charge in [-0.05, 0) is 12.1 Å². The first kappa shape index (κ1) is 8.76. The molecule has 2 N–H and O–H groups in total. The van der Waals surface area contributed by atoms with Crippen molar-refractivity contribution < 1.29 is 17.6 Å². The Morgan fingerprint density at radius 2 is 1.83 bits per heavy atom. The van der Waals surface area contributed by atoms with E-state index in [2.05, 4.69) is 4.98 Å². The van der Waals surface area contributed by atoms with Crippen LogP contribution >= 0.6 is 0 Å². The topological polar surface area (TPSA) is 38.9 Å². The number of nitrogens with zero attached hydrogens (tertiary/aromatic N) is 1. The van der Waals surface area contributed by atoms with Crippen LogP contribution in [-0.4, -0.2) is 4.98 Å². The highest BCUT2D eigenvalue weighted by Gasteiger charge is 2.32. The van der Waals surface area contributed by atoms with E-state index in [1.165, 1.54) is 0 Å². The van der Waals surface area contributed by atoms with Gasteiger partial charge in [0.25, 0.3) is 0 Å². The first-order valence-electron chi connectivity index (χ1n) is 2.90. The van der Waals surface area contributed by atoms with Crippen LogP contribution in [0.3, 0.4) is 0 Å². The largest absolute Gasteiger partial charge is 0.433 e. The van der Waals surface area contributed by atoms with E-state index in [9.17, 15) is 17.6 Å². The highest BCUT2D eigenvalue weighted by Crippen LogP contribution is 2.28. The molecule has 0 aliphatic rings. The monoisotopic (exact) mass is 180 g/mol. The third-order valence-electron chi connectivity index (χ3n) is 1.16. The highest BCUT2D eigenvalue weighted by atomic mass is 19.4. The summed E-state index contributed by atoms with van der Waals surface area (Å²) in [5, 5.41) is 0. The number of hydrogen-bond donors (Lipinski definition) is 1. The standard InChI is InChI=1S/C6H4F4N2/c7-3-1-2-4(6(8,9)10)12-5(3)11/h1-2H,(H2,11,12). The van der Waals surface area contributed by atoms with Gasteiger partial charge in [-0.15, -0.1) is 0 Å². The third kappa shape index (κ3) is 1.63. The highest BCUT2D eigenvalue weighted by molar-refractivity contribution is 5.31. The molecule has 0 aliphatic carbocycles. The summed E-state index contributed by atoms with van der Waals surface area (Å²) in [6, 6.07) is 1.16. The molecule has 0 spiro atoms. The van der Waals surface area contributed by atoms with E-state index in [4.69, 9.17) is 5.73 Å². The summed E-state index contributed by atoms with van der Waals surface area (Å²) in [6.45, 7) is 0. The van der Waals surface area contributed by atoms with Crippen LogP contribution in [0.15, 0.2) is 12.1 Å². The van der Waals surface area contributed by atoms with Crippen LogP contribution in [0.1, 0.15) is 5.69 Å². The van der Waals surface area contributed by atoms with E-state index >= 15 is 0 Å². The van der Waals surface area contributed by atoms with Crippen molar-refractivity contribution in [1.29, 1.82) is 0 Å². The van der Waals surface area contributed by atoms with Gasteiger partial charge < -0.3 is 5.73 Å². The molecule has 0 bridgehead atoms. The molecule has 0 saturated carbocycles. The average molecular weight is 180 g/mol. The van der Waals surface area contributed by atoms with Crippen LogP contribution in [0.2, 0.25) is 0 Å². The van der Waals surface area contributed by atoms with Gasteiger partial charge >= 0.3 is 6.18 Å². The molecule has 66 valence electrons. The predicted octanol–water partition coefficient (Wildman–Crippen LogP) is 1.82. The third-order valence-corrected chi connectivity index (χ3v) is 1.16. The molecule has 0 aromatic carbocycles. The van der Waals surface area contributed by atoms with Crippen LogP contribution in [0.25, 0.3) is 0 Å². The van der Waals surface area contributed by atoms with E-state index in [0.29, 0.717) is 12.1 Å². The lowest BCUT2D eigenvalue weighted by Crippen LogP contribution is -2.10. The predicted molar refractivity (Wildman–Crippen MR) is 33.6 cm³/mol. The van der Waals surface area contributed by atoms with Crippen molar-refractivity contribution in [3.63, 3.8) is 0 Å². The van der Waals surface area contributed by atoms with Gasteiger partial charge in [-0.2, -0.15) is 13.2 Å². The summed E-state index contributed by atoms with van der Waals surface area (Å²) in [7, 11) is 0. The molecule has 12 heavy (non-hydrogen) atoms. The van der Waals surface area contributed by atoms with E-state index in [0.717, 1.165) is 0 Å². The van der Waals surface area contributed by atoms with Crippen molar-refractivity contribution in [2.75, 3.05) is 5.73 Å². The van der Waals surface area contributed by atoms with Crippen LogP contribution in [0.4, 0.5) is 23.4 Å². The lowest BCUT2D eigenvalue weighted by Gasteiger charge is -2.05. The maximum absolute atomic E-state index is 12.3. The van der Waals surface area contributed by atoms with Gasteiger partial charge in [-0.25, -0.2) is 9.37 Å². The van der Waals surface area contributed by atoms with E-state index in [1.54, 1.807) is 0 Å². The fourth-order valence-electron chi connectivity index (χ4n) is 0.616. The number of hydrogen-bond acceptors (Lipinski definition) is 2. The molecule has 0 aliphatic heterocycles. The summed E-state index contributed by atoms with van der Waals surface area (Å²) in [5.41, 5.74) is 3.64. The van der Waals surface area contributed by atoms with Crippen molar-refractivity contribution in [2.45, 2.75) is 6.18 Å². The molecule has 0 atom stereocenters. The Labute approximate surface area is 65.0 Å². The number of nitrogen functional groups attached to an aromatic ring is 1. The average Bonchev–Trinajstić information content (AvgIpc) is 1.92. The van der Waals surface area contributed by atoms with Crippen LogP contribution in [-0.2, 0) is 6.18 Å². The number of halogens is 4. The number of anilines is 1. The number of alkyl halides is 3. The summed E-state index contributed by atoms with van der Waals surface area (Å²) < 4.78 is 47.9. The normalized spacial score (nSPS) is 11.7. The molecule has 0 fully saturated rings. The fourth-order valence-corrected chi connectivity index (χ4v) is 0.616. The van der Waals surface area contributed by atoms with Crippen LogP contribution in [0, 0.1) is 5.82 Å². The maximum atomic E-state index is 12.3.